The van der Waals surface area contributed by atoms with Gasteiger partial charge in [0.2, 0.25) is 0 Å². The lowest BCUT2D eigenvalue weighted by Gasteiger charge is -2.29. The van der Waals surface area contributed by atoms with Crippen molar-refractivity contribution >= 4 is 17.6 Å². The summed E-state index contributed by atoms with van der Waals surface area (Å²) in [6.45, 7) is 5.28. The van der Waals surface area contributed by atoms with E-state index in [2.05, 4.69) is 26.0 Å². The second-order valence-corrected chi connectivity index (χ2v) is 13.5. The molecule has 0 atom stereocenters. The molecule has 0 radical (unpaired) electrons. The highest BCUT2D eigenvalue weighted by Crippen LogP contribution is 2.40. The molecular formula is C41H55ClO3. The van der Waals surface area contributed by atoms with Gasteiger partial charge in [0.05, 0.1) is 12.2 Å². The molecule has 0 unspecified atom stereocenters. The van der Waals surface area contributed by atoms with Crippen molar-refractivity contribution < 1.29 is 14.3 Å². The monoisotopic (exact) mass is 630 g/mol. The van der Waals surface area contributed by atoms with E-state index in [4.69, 9.17) is 21.1 Å². The molecule has 1 aliphatic rings. The number of rotatable bonds is 19. The van der Waals surface area contributed by atoms with Crippen LogP contribution in [0.4, 0.5) is 0 Å². The summed E-state index contributed by atoms with van der Waals surface area (Å²) in [6.07, 6.45) is 22.1. The Morgan fingerprint density at radius 1 is 0.667 bits per heavy atom. The Hall–Kier alpha value is -2.78. The van der Waals surface area contributed by atoms with Crippen LogP contribution in [-0.4, -0.2) is 12.6 Å². The van der Waals surface area contributed by atoms with Crippen LogP contribution in [-0.2, 0) is 0 Å². The van der Waals surface area contributed by atoms with Crippen molar-refractivity contribution in [2.75, 3.05) is 6.61 Å². The maximum Gasteiger partial charge on any atom is 0.343 e. The van der Waals surface area contributed by atoms with Gasteiger partial charge in [0, 0.05) is 5.02 Å². The number of halogens is 1. The minimum atomic E-state index is -0.384. The maximum atomic E-state index is 13.0. The fourth-order valence-corrected chi connectivity index (χ4v) is 6.99. The fraction of sp³-hybridized carbons (Fsp3) is 0.537. The maximum absolute atomic E-state index is 13.0. The van der Waals surface area contributed by atoms with Crippen molar-refractivity contribution in [1.82, 2.24) is 0 Å². The first-order valence-electron chi connectivity index (χ1n) is 17.9. The largest absolute Gasteiger partial charge is 0.494 e. The predicted molar refractivity (Wildman–Crippen MR) is 190 cm³/mol. The minimum Gasteiger partial charge on any atom is -0.494 e. The van der Waals surface area contributed by atoms with Gasteiger partial charge in [0.15, 0.2) is 0 Å². The van der Waals surface area contributed by atoms with Crippen LogP contribution in [0.15, 0.2) is 66.7 Å². The van der Waals surface area contributed by atoms with Crippen LogP contribution in [0, 0.1) is 5.92 Å². The van der Waals surface area contributed by atoms with Crippen LogP contribution in [0.5, 0.6) is 11.5 Å². The molecule has 0 saturated heterocycles. The van der Waals surface area contributed by atoms with Gasteiger partial charge in [-0.15, -0.1) is 0 Å². The fourth-order valence-electron chi connectivity index (χ4n) is 6.66. The Balaban J connectivity index is 1.20. The molecule has 0 spiro atoms. The molecule has 0 amide bonds. The van der Waals surface area contributed by atoms with Crippen LogP contribution in [0.1, 0.15) is 145 Å². The van der Waals surface area contributed by atoms with E-state index in [-0.39, 0.29) is 5.97 Å². The molecule has 45 heavy (non-hydrogen) atoms. The zero-order valence-corrected chi connectivity index (χ0v) is 28.6. The van der Waals surface area contributed by atoms with Gasteiger partial charge in [0.25, 0.3) is 0 Å². The summed E-state index contributed by atoms with van der Waals surface area (Å²) in [5.74, 6) is 2.38. The van der Waals surface area contributed by atoms with Crippen LogP contribution in [0.25, 0.3) is 11.1 Å². The summed E-state index contributed by atoms with van der Waals surface area (Å²) in [5.41, 5.74) is 3.82. The lowest BCUT2D eigenvalue weighted by Crippen LogP contribution is -2.14. The Morgan fingerprint density at radius 3 is 1.82 bits per heavy atom. The van der Waals surface area contributed by atoms with E-state index in [1.165, 1.54) is 108 Å². The van der Waals surface area contributed by atoms with Gasteiger partial charge in [-0.2, -0.15) is 0 Å². The highest BCUT2D eigenvalue weighted by Gasteiger charge is 2.24. The first-order valence-corrected chi connectivity index (χ1v) is 18.3. The molecule has 3 aromatic rings. The molecule has 1 fully saturated rings. The van der Waals surface area contributed by atoms with Gasteiger partial charge >= 0.3 is 5.97 Å². The zero-order valence-electron chi connectivity index (χ0n) is 27.8. The Morgan fingerprint density at radius 2 is 1.22 bits per heavy atom. The van der Waals surface area contributed by atoms with Crippen LogP contribution in [0.3, 0.4) is 0 Å². The number of hydrogen-bond donors (Lipinski definition) is 0. The summed E-state index contributed by atoms with van der Waals surface area (Å²) in [7, 11) is 0. The van der Waals surface area contributed by atoms with Gasteiger partial charge in [-0.1, -0.05) is 133 Å². The van der Waals surface area contributed by atoms with Gasteiger partial charge < -0.3 is 9.47 Å². The zero-order chi connectivity index (χ0) is 31.7. The second-order valence-electron chi connectivity index (χ2n) is 13.1. The second kappa shape index (κ2) is 19.7. The van der Waals surface area contributed by atoms with E-state index < -0.39 is 0 Å². The topological polar surface area (TPSA) is 35.5 Å². The number of esters is 1. The first-order chi connectivity index (χ1) is 22.1. The molecule has 0 bridgehead atoms. The van der Waals surface area contributed by atoms with Crippen molar-refractivity contribution in [3.63, 3.8) is 0 Å². The van der Waals surface area contributed by atoms with Gasteiger partial charge in [-0.05, 0) is 97.0 Å². The molecule has 1 aliphatic carbocycles. The molecule has 4 rings (SSSR count). The van der Waals surface area contributed by atoms with E-state index in [0.717, 1.165) is 35.8 Å². The average Bonchev–Trinajstić information content (AvgIpc) is 3.07. The van der Waals surface area contributed by atoms with E-state index in [9.17, 15) is 4.79 Å². The van der Waals surface area contributed by atoms with Crippen LogP contribution < -0.4 is 9.47 Å². The average molecular weight is 631 g/mol. The molecule has 0 heterocycles. The van der Waals surface area contributed by atoms with Crippen LogP contribution >= 0.6 is 11.6 Å². The van der Waals surface area contributed by atoms with Crippen molar-refractivity contribution in [2.45, 2.75) is 129 Å². The molecule has 3 aromatic carbocycles. The molecule has 0 N–H and O–H groups in total. The quantitative estimate of drug-likeness (QED) is 0.0750. The van der Waals surface area contributed by atoms with Gasteiger partial charge in [-0.25, -0.2) is 4.79 Å². The highest BCUT2D eigenvalue weighted by atomic mass is 35.5. The van der Waals surface area contributed by atoms with Crippen molar-refractivity contribution in [3.8, 4) is 22.6 Å². The molecule has 0 aliphatic heterocycles. The third-order valence-corrected chi connectivity index (χ3v) is 9.84. The highest BCUT2D eigenvalue weighted by molar-refractivity contribution is 6.31. The SMILES string of the molecule is CCCCCCCCOc1ccc(-c2ccc(OC(=O)c3ccc(C4CCC(CCCCCCCC)CC4)c(Cl)c3)cc2)cc1. The molecular weight excluding hydrogens is 576 g/mol. The van der Waals surface area contributed by atoms with E-state index >= 15 is 0 Å². The Kier molecular flexibility index (Phi) is 15.3. The minimum absolute atomic E-state index is 0.384. The summed E-state index contributed by atoms with van der Waals surface area (Å²) in [5, 5.41) is 0.679. The summed E-state index contributed by atoms with van der Waals surface area (Å²) in [4.78, 5) is 13.0. The standard InChI is InChI=1S/C41H55ClO3/c1-3-5-7-9-11-13-15-32-16-18-35(19-17-32)39-29-24-36(31-40(39)42)41(43)45-38-27-22-34(23-28-38)33-20-25-37(26-21-33)44-30-14-12-10-8-6-4-2/h20-29,31-32,35H,3-19,30H2,1-2H3. The number of hydrogen-bond acceptors (Lipinski definition) is 3. The third kappa shape index (κ3) is 11.8. The molecule has 3 nitrogen and oxygen atoms in total. The first kappa shape index (κ1) is 35.1. The molecule has 1 saturated carbocycles. The number of carbonyl (C=O) groups excluding carboxylic acids is 1. The summed E-state index contributed by atoms with van der Waals surface area (Å²) >= 11 is 6.73. The molecule has 244 valence electrons. The molecule has 4 heteroatoms. The normalized spacial score (nSPS) is 16.4. The van der Waals surface area contributed by atoms with E-state index in [1.54, 1.807) is 6.07 Å². The molecule has 0 aromatic heterocycles. The van der Waals surface area contributed by atoms with Crippen molar-refractivity contribution in [3.05, 3.63) is 82.9 Å². The number of benzene rings is 3. The smallest absolute Gasteiger partial charge is 0.343 e. The lowest BCUT2D eigenvalue weighted by atomic mass is 9.77. The summed E-state index contributed by atoms with van der Waals surface area (Å²) in [6, 6.07) is 21.5. The van der Waals surface area contributed by atoms with E-state index in [1.807, 2.05) is 48.5 Å². The van der Waals surface area contributed by atoms with E-state index in [0.29, 0.717) is 22.3 Å². The van der Waals surface area contributed by atoms with Gasteiger partial charge in [0.1, 0.15) is 11.5 Å². The van der Waals surface area contributed by atoms with Crippen molar-refractivity contribution in [1.29, 1.82) is 0 Å². The Bertz CT molecular complexity index is 1260. The Labute approximate surface area is 278 Å². The number of carbonyl (C=O) groups is 1. The third-order valence-electron chi connectivity index (χ3n) is 9.51. The lowest BCUT2D eigenvalue weighted by molar-refractivity contribution is 0.0734. The number of unbranched alkanes of at least 4 members (excludes halogenated alkanes) is 10. The van der Waals surface area contributed by atoms with Crippen LogP contribution in [0.2, 0.25) is 5.02 Å². The summed E-state index contributed by atoms with van der Waals surface area (Å²) < 4.78 is 11.6. The van der Waals surface area contributed by atoms with Gasteiger partial charge in [-0.3, -0.25) is 0 Å². The number of ether oxygens (including phenoxy) is 2. The van der Waals surface area contributed by atoms with Crippen molar-refractivity contribution in [2.24, 2.45) is 5.92 Å². The predicted octanol–water partition coefficient (Wildman–Crippen LogP) is 13.0.